The van der Waals surface area contributed by atoms with Crippen molar-refractivity contribution in [3.05, 3.63) is 53.6 Å². The van der Waals surface area contributed by atoms with Crippen LogP contribution in [0.15, 0.2) is 31.4 Å². The summed E-state index contributed by atoms with van der Waals surface area (Å²) in [5.74, 6) is -0.391. The maximum atomic E-state index is 12.1. The van der Waals surface area contributed by atoms with E-state index in [1.165, 1.54) is 6.08 Å². The number of rotatable bonds is 6. The van der Waals surface area contributed by atoms with Crippen LogP contribution in [-0.4, -0.2) is 17.7 Å². The molecule has 20 heavy (non-hydrogen) atoms. The van der Waals surface area contributed by atoms with Crippen LogP contribution in [0, 0.1) is 6.92 Å². The van der Waals surface area contributed by atoms with Gasteiger partial charge in [-0.1, -0.05) is 38.6 Å². The molecule has 1 rings (SSSR count). The largest absolute Gasteiger partial charge is 0.507 e. The summed E-state index contributed by atoms with van der Waals surface area (Å²) in [7, 11) is 0. The van der Waals surface area contributed by atoms with Crippen LogP contribution in [0.1, 0.15) is 46.8 Å². The Hall–Kier alpha value is -2.03. The smallest absolute Gasteiger partial charge is 0.342 e. The fraction of sp³-hybridized carbons (Fsp3) is 0.353. The number of hydrogen-bond donors (Lipinski definition) is 1. The summed E-state index contributed by atoms with van der Waals surface area (Å²) in [4.78, 5) is 12.1. The van der Waals surface area contributed by atoms with Crippen LogP contribution in [-0.2, 0) is 11.2 Å². The third kappa shape index (κ3) is 3.29. The standard InChI is InChI=1S/C17H22O3/c1-6-8-13-10-14(11(3)4)16(18)15(12(13)5)17(19)20-9-7-2/h6-7,10-11,18H,1-2,8-9H2,3-5H3. The van der Waals surface area contributed by atoms with Crippen LogP contribution in [0.4, 0.5) is 0 Å². The van der Waals surface area contributed by atoms with E-state index in [0.717, 1.165) is 16.7 Å². The van der Waals surface area contributed by atoms with E-state index in [0.29, 0.717) is 6.42 Å². The molecule has 0 bridgehead atoms. The molecule has 0 aliphatic rings. The number of hydrogen-bond acceptors (Lipinski definition) is 3. The number of allylic oxidation sites excluding steroid dienone is 1. The molecule has 0 radical (unpaired) electrons. The molecule has 3 heteroatoms. The average molecular weight is 274 g/mol. The Balaban J connectivity index is 3.42. The van der Waals surface area contributed by atoms with Gasteiger partial charge in [-0.2, -0.15) is 0 Å². The SMILES string of the molecule is C=CCOC(=O)c1c(C)c(CC=C)cc(C(C)C)c1O. The van der Waals surface area contributed by atoms with E-state index < -0.39 is 5.97 Å². The van der Waals surface area contributed by atoms with Crippen LogP contribution in [0.25, 0.3) is 0 Å². The van der Waals surface area contributed by atoms with Crippen LogP contribution >= 0.6 is 0 Å². The van der Waals surface area contributed by atoms with Gasteiger partial charge in [-0.05, 0) is 36.0 Å². The summed E-state index contributed by atoms with van der Waals surface area (Å²) in [5.41, 5.74) is 2.71. The Kier molecular flexibility index (Phi) is 5.56. The molecular weight excluding hydrogens is 252 g/mol. The Labute approximate surface area is 120 Å². The summed E-state index contributed by atoms with van der Waals surface area (Å²) in [5, 5.41) is 10.3. The predicted molar refractivity (Wildman–Crippen MR) is 81.3 cm³/mol. The molecule has 0 saturated carbocycles. The molecule has 1 aromatic carbocycles. The van der Waals surface area contributed by atoms with Crippen molar-refractivity contribution < 1.29 is 14.6 Å². The van der Waals surface area contributed by atoms with Crippen molar-refractivity contribution in [3.63, 3.8) is 0 Å². The summed E-state index contributed by atoms with van der Waals surface area (Å²) in [6.07, 6.45) is 3.93. The van der Waals surface area contributed by atoms with Crippen molar-refractivity contribution in [2.24, 2.45) is 0 Å². The minimum atomic E-state index is -0.521. The highest BCUT2D eigenvalue weighted by atomic mass is 16.5. The normalized spacial score (nSPS) is 10.4. The maximum Gasteiger partial charge on any atom is 0.342 e. The van der Waals surface area contributed by atoms with E-state index in [1.807, 2.05) is 26.8 Å². The van der Waals surface area contributed by atoms with Crippen molar-refractivity contribution in [2.45, 2.75) is 33.1 Å². The molecule has 0 atom stereocenters. The second-order valence-corrected chi connectivity index (χ2v) is 5.01. The average Bonchev–Trinajstić information content (AvgIpc) is 2.39. The minimum absolute atomic E-state index is 0.0133. The molecule has 0 fully saturated rings. The van der Waals surface area contributed by atoms with Gasteiger partial charge >= 0.3 is 5.97 Å². The number of esters is 1. The summed E-state index contributed by atoms with van der Waals surface area (Å²) < 4.78 is 5.06. The van der Waals surface area contributed by atoms with E-state index in [1.54, 1.807) is 6.08 Å². The lowest BCUT2D eigenvalue weighted by atomic mass is 9.90. The Morgan fingerprint density at radius 3 is 2.55 bits per heavy atom. The van der Waals surface area contributed by atoms with Crippen LogP contribution in [0.5, 0.6) is 5.75 Å². The van der Waals surface area contributed by atoms with Crippen LogP contribution in [0.2, 0.25) is 0 Å². The summed E-state index contributed by atoms with van der Waals surface area (Å²) >= 11 is 0. The number of carbonyl (C=O) groups is 1. The third-order valence-electron chi connectivity index (χ3n) is 3.22. The molecule has 108 valence electrons. The van der Waals surface area contributed by atoms with E-state index in [2.05, 4.69) is 13.2 Å². The second kappa shape index (κ2) is 6.94. The van der Waals surface area contributed by atoms with Gasteiger partial charge in [-0.3, -0.25) is 0 Å². The van der Waals surface area contributed by atoms with Gasteiger partial charge in [-0.15, -0.1) is 6.58 Å². The zero-order chi connectivity index (χ0) is 15.3. The Bertz CT molecular complexity index is 528. The zero-order valence-electron chi connectivity index (χ0n) is 12.4. The highest BCUT2D eigenvalue weighted by Crippen LogP contribution is 2.34. The number of aromatic hydroxyl groups is 1. The van der Waals surface area contributed by atoms with E-state index in [4.69, 9.17) is 4.74 Å². The van der Waals surface area contributed by atoms with Crippen molar-refractivity contribution in [1.29, 1.82) is 0 Å². The highest BCUT2D eigenvalue weighted by molar-refractivity contribution is 5.95. The van der Waals surface area contributed by atoms with Gasteiger partial charge < -0.3 is 9.84 Å². The molecule has 0 saturated heterocycles. The van der Waals surface area contributed by atoms with Crippen LogP contribution in [0.3, 0.4) is 0 Å². The van der Waals surface area contributed by atoms with E-state index >= 15 is 0 Å². The quantitative estimate of drug-likeness (QED) is 0.632. The number of phenols is 1. The molecular formula is C17H22O3. The van der Waals surface area contributed by atoms with Crippen LogP contribution < -0.4 is 0 Å². The lowest BCUT2D eigenvalue weighted by molar-refractivity contribution is 0.0545. The van der Waals surface area contributed by atoms with Gasteiger partial charge in [0.05, 0.1) is 0 Å². The monoisotopic (exact) mass is 274 g/mol. The first-order chi connectivity index (χ1) is 9.43. The van der Waals surface area contributed by atoms with Crippen molar-refractivity contribution >= 4 is 5.97 Å². The van der Waals surface area contributed by atoms with E-state index in [-0.39, 0.29) is 23.8 Å². The minimum Gasteiger partial charge on any atom is -0.507 e. The Morgan fingerprint density at radius 2 is 2.05 bits per heavy atom. The van der Waals surface area contributed by atoms with Gasteiger partial charge in [0.1, 0.15) is 17.9 Å². The van der Waals surface area contributed by atoms with Crippen molar-refractivity contribution in [3.8, 4) is 5.75 Å². The zero-order valence-corrected chi connectivity index (χ0v) is 12.4. The maximum absolute atomic E-state index is 12.1. The van der Waals surface area contributed by atoms with Gasteiger partial charge in [0.15, 0.2) is 0 Å². The molecule has 0 aliphatic carbocycles. The number of carbonyl (C=O) groups excluding carboxylic acids is 1. The first-order valence-corrected chi connectivity index (χ1v) is 6.68. The van der Waals surface area contributed by atoms with Crippen molar-refractivity contribution in [2.75, 3.05) is 6.61 Å². The lowest BCUT2D eigenvalue weighted by Gasteiger charge is -2.17. The number of phenolic OH excluding ortho intramolecular Hbond substituents is 1. The van der Waals surface area contributed by atoms with Gasteiger partial charge in [-0.25, -0.2) is 4.79 Å². The second-order valence-electron chi connectivity index (χ2n) is 5.01. The first-order valence-electron chi connectivity index (χ1n) is 6.68. The molecule has 0 amide bonds. The topological polar surface area (TPSA) is 46.5 Å². The van der Waals surface area contributed by atoms with Gasteiger partial charge in [0.25, 0.3) is 0 Å². The molecule has 0 aliphatic heterocycles. The number of ether oxygens (including phenoxy) is 1. The highest BCUT2D eigenvalue weighted by Gasteiger charge is 2.22. The lowest BCUT2D eigenvalue weighted by Crippen LogP contribution is -2.11. The molecule has 3 nitrogen and oxygen atoms in total. The summed E-state index contributed by atoms with van der Waals surface area (Å²) in [6, 6.07) is 1.93. The molecule has 0 aromatic heterocycles. The summed E-state index contributed by atoms with van der Waals surface area (Å²) in [6.45, 7) is 13.1. The molecule has 0 heterocycles. The fourth-order valence-corrected chi connectivity index (χ4v) is 2.11. The fourth-order valence-electron chi connectivity index (χ4n) is 2.11. The molecule has 1 aromatic rings. The first kappa shape index (κ1) is 16.0. The molecule has 1 N–H and O–H groups in total. The van der Waals surface area contributed by atoms with Crippen molar-refractivity contribution in [1.82, 2.24) is 0 Å². The van der Waals surface area contributed by atoms with Gasteiger partial charge in [0, 0.05) is 0 Å². The predicted octanol–water partition coefficient (Wildman–Crippen LogP) is 3.90. The molecule has 0 unspecified atom stereocenters. The number of benzene rings is 1. The third-order valence-corrected chi connectivity index (χ3v) is 3.22. The molecule has 0 spiro atoms. The Morgan fingerprint density at radius 1 is 1.40 bits per heavy atom. The van der Waals surface area contributed by atoms with E-state index in [9.17, 15) is 9.90 Å². The van der Waals surface area contributed by atoms with Gasteiger partial charge in [0.2, 0.25) is 0 Å².